The van der Waals surface area contributed by atoms with Gasteiger partial charge in [-0.1, -0.05) is 24.3 Å². The summed E-state index contributed by atoms with van der Waals surface area (Å²) in [5.41, 5.74) is 1.38. The van der Waals surface area contributed by atoms with Crippen LogP contribution >= 0.6 is 0 Å². The van der Waals surface area contributed by atoms with E-state index in [9.17, 15) is 13.2 Å². The molecule has 7 nitrogen and oxygen atoms in total. The van der Waals surface area contributed by atoms with Crippen LogP contribution in [0.5, 0.6) is 0 Å². The van der Waals surface area contributed by atoms with Gasteiger partial charge in [0.15, 0.2) is 0 Å². The third-order valence-electron chi connectivity index (χ3n) is 3.72. The van der Waals surface area contributed by atoms with E-state index in [1.165, 1.54) is 31.4 Å². The van der Waals surface area contributed by atoms with Gasteiger partial charge >= 0.3 is 5.97 Å². The highest BCUT2D eigenvalue weighted by molar-refractivity contribution is 7.92. The van der Waals surface area contributed by atoms with Crippen LogP contribution in [0.3, 0.4) is 0 Å². The Kier molecular flexibility index (Phi) is 5.04. The number of carbonyl (C=O) groups is 1. The molecule has 1 aromatic heterocycles. The molecule has 3 rings (SSSR count). The van der Waals surface area contributed by atoms with Crippen molar-refractivity contribution in [2.45, 2.75) is 11.4 Å². The first-order valence-corrected chi connectivity index (χ1v) is 9.24. The molecule has 0 saturated heterocycles. The second kappa shape index (κ2) is 7.40. The number of para-hydroxylation sites is 1. The molecule has 0 atom stereocenters. The summed E-state index contributed by atoms with van der Waals surface area (Å²) in [6.45, 7) is 0.424. The second-order valence-corrected chi connectivity index (χ2v) is 7.17. The fourth-order valence-corrected chi connectivity index (χ4v) is 3.58. The smallest absolute Gasteiger partial charge is 0.337 e. The Bertz CT molecular complexity index is 1010. The standard InChI is InChI=1S/C18H17N3O4S/c1-25-18(22)14-7-4-8-16(12-14)26(23,24)20-17-9-3-2-6-15(17)13-21-11-5-10-19-21/h2-12,20H,13H2,1H3. The van der Waals surface area contributed by atoms with Gasteiger partial charge in [0.25, 0.3) is 10.0 Å². The predicted octanol–water partition coefficient (Wildman–Crippen LogP) is 2.52. The molecule has 0 saturated carbocycles. The van der Waals surface area contributed by atoms with E-state index in [4.69, 9.17) is 0 Å². The zero-order chi connectivity index (χ0) is 18.6. The van der Waals surface area contributed by atoms with Crippen molar-refractivity contribution >= 4 is 21.7 Å². The Balaban J connectivity index is 1.90. The van der Waals surface area contributed by atoms with Gasteiger partial charge < -0.3 is 4.74 Å². The zero-order valence-electron chi connectivity index (χ0n) is 14.0. The fraction of sp³-hybridized carbons (Fsp3) is 0.111. The van der Waals surface area contributed by atoms with Gasteiger partial charge in [-0.3, -0.25) is 9.40 Å². The first kappa shape index (κ1) is 17.7. The Morgan fingerprint density at radius 2 is 1.96 bits per heavy atom. The van der Waals surface area contributed by atoms with Gasteiger partial charge in [0, 0.05) is 12.4 Å². The molecule has 0 spiro atoms. The maximum Gasteiger partial charge on any atom is 0.337 e. The minimum atomic E-state index is -3.87. The molecule has 0 fully saturated rings. The highest BCUT2D eigenvalue weighted by Gasteiger charge is 2.18. The molecule has 0 aliphatic carbocycles. The molecule has 0 amide bonds. The number of benzene rings is 2. The van der Waals surface area contributed by atoms with Crippen molar-refractivity contribution in [1.29, 1.82) is 0 Å². The molecular formula is C18H17N3O4S. The van der Waals surface area contributed by atoms with Crippen LogP contribution in [0.15, 0.2) is 71.9 Å². The Labute approximate surface area is 151 Å². The van der Waals surface area contributed by atoms with Crippen molar-refractivity contribution in [1.82, 2.24) is 9.78 Å². The third-order valence-corrected chi connectivity index (χ3v) is 5.08. The average Bonchev–Trinajstić information content (AvgIpc) is 3.16. The van der Waals surface area contributed by atoms with Crippen LogP contribution in [0.2, 0.25) is 0 Å². The predicted molar refractivity (Wildman–Crippen MR) is 96.4 cm³/mol. The molecule has 3 aromatic rings. The number of nitrogens with zero attached hydrogens (tertiary/aromatic N) is 2. The van der Waals surface area contributed by atoms with Gasteiger partial charge in [-0.25, -0.2) is 13.2 Å². The highest BCUT2D eigenvalue weighted by atomic mass is 32.2. The normalized spacial score (nSPS) is 11.1. The third kappa shape index (κ3) is 3.92. The number of rotatable bonds is 6. The molecule has 2 aromatic carbocycles. The van der Waals surface area contributed by atoms with Gasteiger partial charge in [0.1, 0.15) is 0 Å². The number of hydrogen-bond donors (Lipinski definition) is 1. The summed E-state index contributed by atoms with van der Waals surface area (Å²) in [6.07, 6.45) is 3.45. The minimum Gasteiger partial charge on any atom is -0.465 e. The number of methoxy groups -OCH3 is 1. The molecule has 1 heterocycles. The quantitative estimate of drug-likeness (QED) is 0.673. The lowest BCUT2D eigenvalue weighted by molar-refractivity contribution is 0.0600. The van der Waals surface area contributed by atoms with Crippen LogP contribution in [0.4, 0.5) is 5.69 Å². The number of hydrogen-bond acceptors (Lipinski definition) is 5. The van der Waals surface area contributed by atoms with Crippen LogP contribution in [-0.4, -0.2) is 31.3 Å². The molecule has 1 N–H and O–H groups in total. The van der Waals surface area contributed by atoms with Crippen molar-refractivity contribution in [3.8, 4) is 0 Å². The van der Waals surface area contributed by atoms with E-state index < -0.39 is 16.0 Å². The molecule has 134 valence electrons. The summed E-state index contributed by atoms with van der Waals surface area (Å²) in [4.78, 5) is 11.6. The molecule has 8 heteroatoms. The van der Waals surface area contributed by atoms with Crippen LogP contribution in [0.25, 0.3) is 0 Å². The van der Waals surface area contributed by atoms with E-state index in [1.54, 1.807) is 35.3 Å². The number of anilines is 1. The lowest BCUT2D eigenvalue weighted by Crippen LogP contribution is -2.16. The lowest BCUT2D eigenvalue weighted by Gasteiger charge is -2.13. The number of ether oxygens (including phenoxy) is 1. The van der Waals surface area contributed by atoms with E-state index >= 15 is 0 Å². The van der Waals surface area contributed by atoms with E-state index in [0.29, 0.717) is 12.2 Å². The van der Waals surface area contributed by atoms with E-state index in [1.807, 2.05) is 12.1 Å². The van der Waals surface area contributed by atoms with E-state index in [0.717, 1.165) is 5.56 Å². The van der Waals surface area contributed by atoms with Crippen molar-refractivity contribution in [3.63, 3.8) is 0 Å². The molecule has 0 aliphatic rings. The number of nitrogens with one attached hydrogen (secondary N) is 1. The van der Waals surface area contributed by atoms with E-state index in [2.05, 4.69) is 14.6 Å². The zero-order valence-corrected chi connectivity index (χ0v) is 14.8. The number of carbonyl (C=O) groups excluding carboxylic acids is 1. The summed E-state index contributed by atoms with van der Waals surface area (Å²) < 4.78 is 34.4. The SMILES string of the molecule is COC(=O)c1cccc(S(=O)(=O)Nc2ccccc2Cn2cccn2)c1. The maximum atomic E-state index is 12.7. The van der Waals surface area contributed by atoms with Gasteiger partial charge in [0.05, 0.1) is 29.8 Å². The topological polar surface area (TPSA) is 90.3 Å². The first-order valence-electron chi connectivity index (χ1n) is 7.76. The summed E-state index contributed by atoms with van der Waals surface area (Å²) in [7, 11) is -2.62. The minimum absolute atomic E-state index is 0.0192. The van der Waals surface area contributed by atoms with Crippen LogP contribution in [-0.2, 0) is 21.3 Å². The van der Waals surface area contributed by atoms with E-state index in [-0.39, 0.29) is 10.5 Å². The Morgan fingerprint density at radius 3 is 2.69 bits per heavy atom. The largest absolute Gasteiger partial charge is 0.465 e. The summed E-state index contributed by atoms with van der Waals surface area (Å²) >= 11 is 0. The summed E-state index contributed by atoms with van der Waals surface area (Å²) in [5, 5.41) is 4.14. The first-order chi connectivity index (χ1) is 12.5. The monoisotopic (exact) mass is 371 g/mol. The number of aromatic nitrogens is 2. The maximum absolute atomic E-state index is 12.7. The average molecular weight is 371 g/mol. The van der Waals surface area contributed by atoms with Gasteiger partial charge in [-0.15, -0.1) is 0 Å². The summed E-state index contributed by atoms with van der Waals surface area (Å²) in [5.74, 6) is -0.596. The van der Waals surface area contributed by atoms with Crippen molar-refractivity contribution in [2.24, 2.45) is 0 Å². The Hall–Kier alpha value is -3.13. The fourth-order valence-electron chi connectivity index (χ4n) is 2.44. The molecule has 26 heavy (non-hydrogen) atoms. The lowest BCUT2D eigenvalue weighted by atomic mass is 10.2. The second-order valence-electron chi connectivity index (χ2n) is 5.49. The van der Waals surface area contributed by atoms with Crippen LogP contribution < -0.4 is 4.72 Å². The van der Waals surface area contributed by atoms with Gasteiger partial charge in [-0.2, -0.15) is 5.10 Å². The van der Waals surface area contributed by atoms with Crippen LogP contribution in [0.1, 0.15) is 15.9 Å². The van der Waals surface area contributed by atoms with Crippen LogP contribution in [0, 0.1) is 0 Å². The molecule has 0 radical (unpaired) electrons. The molecule has 0 bridgehead atoms. The molecular weight excluding hydrogens is 354 g/mol. The Morgan fingerprint density at radius 1 is 1.15 bits per heavy atom. The molecule has 0 unspecified atom stereocenters. The van der Waals surface area contributed by atoms with Crippen molar-refractivity contribution < 1.29 is 17.9 Å². The van der Waals surface area contributed by atoms with Crippen molar-refractivity contribution in [2.75, 3.05) is 11.8 Å². The highest BCUT2D eigenvalue weighted by Crippen LogP contribution is 2.21. The number of sulfonamides is 1. The summed E-state index contributed by atoms with van der Waals surface area (Å²) in [6, 6.07) is 14.6. The van der Waals surface area contributed by atoms with Gasteiger partial charge in [-0.05, 0) is 35.9 Å². The van der Waals surface area contributed by atoms with Crippen molar-refractivity contribution in [3.05, 3.63) is 78.1 Å². The van der Waals surface area contributed by atoms with Gasteiger partial charge in [0.2, 0.25) is 0 Å². The molecule has 0 aliphatic heterocycles. The number of esters is 1.